The fraction of sp³-hybridized carbons (Fsp3) is 0.300. The van der Waals surface area contributed by atoms with Gasteiger partial charge in [0, 0.05) is 44.0 Å². The lowest BCUT2D eigenvalue weighted by molar-refractivity contribution is 0.0946. The van der Waals surface area contributed by atoms with E-state index in [9.17, 15) is 4.79 Å². The highest BCUT2D eigenvalue weighted by molar-refractivity contribution is 5.93. The van der Waals surface area contributed by atoms with Gasteiger partial charge in [-0.2, -0.15) is 10.1 Å². The number of hydrogen-bond donors (Lipinski definition) is 3. The van der Waals surface area contributed by atoms with E-state index < -0.39 is 0 Å². The maximum absolute atomic E-state index is 12.5. The first-order valence-corrected chi connectivity index (χ1v) is 9.28. The van der Waals surface area contributed by atoms with Crippen molar-refractivity contribution < 1.29 is 4.79 Å². The Morgan fingerprint density at radius 3 is 2.61 bits per heavy atom. The Hall–Kier alpha value is -3.42. The van der Waals surface area contributed by atoms with Gasteiger partial charge in [-0.3, -0.25) is 9.48 Å². The third-order valence-corrected chi connectivity index (χ3v) is 4.09. The lowest BCUT2D eigenvalue weighted by Gasteiger charge is -2.10. The second-order valence-corrected chi connectivity index (χ2v) is 6.34. The maximum Gasteiger partial charge on any atom is 0.269 e. The first-order valence-electron chi connectivity index (χ1n) is 9.28. The molecule has 3 aromatic rings. The minimum Gasteiger partial charge on any atom is -0.368 e. The van der Waals surface area contributed by atoms with Crippen LogP contribution in [0.1, 0.15) is 23.1 Å². The van der Waals surface area contributed by atoms with Gasteiger partial charge in [0.2, 0.25) is 5.95 Å². The molecule has 0 spiro atoms. The predicted molar refractivity (Wildman–Crippen MR) is 110 cm³/mol. The number of nitrogens with zero attached hydrogens (tertiary/aromatic N) is 4. The van der Waals surface area contributed by atoms with Crippen LogP contribution >= 0.6 is 0 Å². The maximum atomic E-state index is 12.5. The van der Waals surface area contributed by atoms with Crippen LogP contribution in [0.25, 0.3) is 11.3 Å². The SMILES string of the molecule is CCNc1nc(C)cc(NCCNC(=O)c2cc(-c3ccccc3)nn2C)n1. The van der Waals surface area contributed by atoms with Gasteiger partial charge in [0.15, 0.2) is 0 Å². The number of rotatable bonds is 8. The molecule has 0 aliphatic rings. The van der Waals surface area contributed by atoms with Crippen molar-refractivity contribution in [1.29, 1.82) is 0 Å². The summed E-state index contributed by atoms with van der Waals surface area (Å²) >= 11 is 0. The molecular weight excluding hydrogens is 354 g/mol. The van der Waals surface area contributed by atoms with E-state index in [1.165, 1.54) is 0 Å². The fourth-order valence-corrected chi connectivity index (χ4v) is 2.78. The molecule has 2 heterocycles. The molecule has 3 rings (SSSR count). The molecule has 8 heteroatoms. The molecular formula is C20H25N7O. The molecule has 0 aliphatic heterocycles. The van der Waals surface area contributed by atoms with Crippen LogP contribution < -0.4 is 16.0 Å². The Labute approximate surface area is 164 Å². The summed E-state index contributed by atoms with van der Waals surface area (Å²) in [5.74, 6) is 1.16. The molecule has 0 fully saturated rings. The standard InChI is InChI=1S/C20H25N7O/c1-4-21-20-24-14(2)12-18(25-20)22-10-11-23-19(28)17-13-16(26-27(17)3)15-8-6-5-7-9-15/h5-9,12-13H,4,10-11H2,1-3H3,(H,23,28)(H2,21,22,24,25). The zero-order chi connectivity index (χ0) is 19.9. The van der Waals surface area contributed by atoms with E-state index in [2.05, 4.69) is 31.0 Å². The van der Waals surface area contributed by atoms with Crippen molar-refractivity contribution in [2.45, 2.75) is 13.8 Å². The van der Waals surface area contributed by atoms with Crippen molar-refractivity contribution in [3.05, 3.63) is 53.9 Å². The van der Waals surface area contributed by atoms with Gasteiger partial charge in [0.05, 0.1) is 5.69 Å². The van der Waals surface area contributed by atoms with Gasteiger partial charge in [-0.15, -0.1) is 0 Å². The topological polar surface area (TPSA) is 96.8 Å². The summed E-state index contributed by atoms with van der Waals surface area (Å²) < 4.78 is 1.60. The van der Waals surface area contributed by atoms with Crippen molar-refractivity contribution in [3.8, 4) is 11.3 Å². The van der Waals surface area contributed by atoms with E-state index in [4.69, 9.17) is 0 Å². The van der Waals surface area contributed by atoms with Gasteiger partial charge in [0.1, 0.15) is 11.5 Å². The molecule has 0 aliphatic carbocycles. The number of benzene rings is 1. The second-order valence-electron chi connectivity index (χ2n) is 6.34. The van der Waals surface area contributed by atoms with E-state index in [0.29, 0.717) is 24.7 Å². The molecule has 8 nitrogen and oxygen atoms in total. The van der Waals surface area contributed by atoms with Crippen LogP contribution in [-0.2, 0) is 7.05 Å². The monoisotopic (exact) mass is 379 g/mol. The van der Waals surface area contributed by atoms with Gasteiger partial charge in [-0.05, 0) is 19.9 Å². The molecule has 0 radical (unpaired) electrons. The highest BCUT2D eigenvalue weighted by atomic mass is 16.2. The Kier molecular flexibility index (Phi) is 6.21. The highest BCUT2D eigenvalue weighted by Crippen LogP contribution is 2.18. The smallest absolute Gasteiger partial charge is 0.269 e. The van der Waals surface area contributed by atoms with E-state index in [-0.39, 0.29) is 5.91 Å². The van der Waals surface area contributed by atoms with E-state index in [1.54, 1.807) is 17.8 Å². The quantitative estimate of drug-likeness (QED) is 0.520. The van der Waals surface area contributed by atoms with Gasteiger partial charge in [-0.1, -0.05) is 30.3 Å². The minimum absolute atomic E-state index is 0.161. The predicted octanol–water partition coefficient (Wildman–Crippen LogP) is 2.46. The van der Waals surface area contributed by atoms with Crippen molar-refractivity contribution in [2.75, 3.05) is 30.3 Å². The normalized spacial score (nSPS) is 10.5. The van der Waals surface area contributed by atoms with Crippen LogP contribution in [0.2, 0.25) is 0 Å². The van der Waals surface area contributed by atoms with Gasteiger partial charge in [-0.25, -0.2) is 4.98 Å². The molecule has 3 N–H and O–H groups in total. The molecule has 0 saturated carbocycles. The zero-order valence-electron chi connectivity index (χ0n) is 16.4. The molecule has 0 unspecified atom stereocenters. The molecule has 0 saturated heterocycles. The highest BCUT2D eigenvalue weighted by Gasteiger charge is 2.13. The number of hydrogen-bond acceptors (Lipinski definition) is 6. The summed E-state index contributed by atoms with van der Waals surface area (Å²) in [6, 6.07) is 13.5. The van der Waals surface area contributed by atoms with Crippen molar-refractivity contribution in [1.82, 2.24) is 25.1 Å². The van der Waals surface area contributed by atoms with Crippen molar-refractivity contribution >= 4 is 17.7 Å². The van der Waals surface area contributed by atoms with Crippen molar-refractivity contribution in [3.63, 3.8) is 0 Å². The molecule has 0 atom stereocenters. The largest absolute Gasteiger partial charge is 0.368 e. The Morgan fingerprint density at radius 2 is 1.86 bits per heavy atom. The Bertz CT molecular complexity index is 937. The summed E-state index contributed by atoms with van der Waals surface area (Å²) in [5, 5.41) is 13.6. The third-order valence-electron chi connectivity index (χ3n) is 4.09. The lowest BCUT2D eigenvalue weighted by Crippen LogP contribution is -2.30. The van der Waals surface area contributed by atoms with Crippen LogP contribution in [0.5, 0.6) is 0 Å². The number of amides is 1. The average molecular weight is 379 g/mol. The van der Waals surface area contributed by atoms with E-state index >= 15 is 0 Å². The second kappa shape index (κ2) is 8.98. The van der Waals surface area contributed by atoms with Gasteiger partial charge >= 0.3 is 0 Å². The number of carbonyl (C=O) groups is 1. The average Bonchev–Trinajstić information content (AvgIpc) is 3.07. The number of anilines is 2. The van der Waals surface area contributed by atoms with Crippen LogP contribution in [0.4, 0.5) is 11.8 Å². The number of carbonyl (C=O) groups excluding carboxylic acids is 1. The summed E-state index contributed by atoms with van der Waals surface area (Å²) in [4.78, 5) is 21.2. The number of aromatic nitrogens is 4. The first kappa shape index (κ1) is 19.3. The van der Waals surface area contributed by atoms with Crippen LogP contribution in [0.3, 0.4) is 0 Å². The van der Waals surface area contributed by atoms with E-state index in [0.717, 1.165) is 29.3 Å². The minimum atomic E-state index is -0.161. The van der Waals surface area contributed by atoms with Crippen LogP contribution in [0, 0.1) is 6.92 Å². The molecule has 146 valence electrons. The summed E-state index contributed by atoms with van der Waals surface area (Å²) in [6.45, 7) is 5.69. The molecule has 1 aromatic carbocycles. The Balaban J connectivity index is 1.55. The van der Waals surface area contributed by atoms with Crippen molar-refractivity contribution in [2.24, 2.45) is 7.05 Å². The Morgan fingerprint density at radius 1 is 1.07 bits per heavy atom. The molecule has 2 aromatic heterocycles. The summed E-state index contributed by atoms with van der Waals surface area (Å²) in [6.07, 6.45) is 0. The fourth-order valence-electron chi connectivity index (χ4n) is 2.78. The summed E-state index contributed by atoms with van der Waals surface area (Å²) in [7, 11) is 1.77. The van der Waals surface area contributed by atoms with Crippen LogP contribution in [-0.4, -0.2) is 45.3 Å². The van der Waals surface area contributed by atoms with Crippen LogP contribution in [0.15, 0.2) is 42.5 Å². The molecule has 28 heavy (non-hydrogen) atoms. The lowest BCUT2D eigenvalue weighted by atomic mass is 10.1. The third kappa shape index (κ3) is 4.85. The number of aryl methyl sites for hydroxylation is 2. The first-order chi connectivity index (χ1) is 13.6. The van der Waals surface area contributed by atoms with Gasteiger partial charge < -0.3 is 16.0 Å². The summed E-state index contributed by atoms with van der Waals surface area (Å²) in [5.41, 5.74) is 3.15. The van der Waals surface area contributed by atoms with Gasteiger partial charge in [0.25, 0.3) is 5.91 Å². The molecule has 0 bridgehead atoms. The molecule has 1 amide bonds. The number of nitrogens with one attached hydrogen (secondary N) is 3. The van der Waals surface area contributed by atoms with E-state index in [1.807, 2.05) is 50.2 Å². The zero-order valence-corrected chi connectivity index (χ0v) is 16.4.